The van der Waals surface area contributed by atoms with E-state index in [0.29, 0.717) is 26.1 Å². The third-order valence-corrected chi connectivity index (χ3v) is 2.51. The van der Waals surface area contributed by atoms with E-state index in [2.05, 4.69) is 5.32 Å². The molecule has 5 N–H and O–H groups in total. The number of carbonyl (C=O) groups is 2. The Morgan fingerprint density at radius 2 is 2.13 bits per heavy atom. The van der Waals surface area contributed by atoms with E-state index < -0.39 is 11.9 Å². The van der Waals surface area contributed by atoms with Crippen LogP contribution >= 0.6 is 0 Å². The predicted octanol–water partition coefficient (Wildman–Crippen LogP) is -1.01. The highest BCUT2D eigenvalue weighted by Crippen LogP contribution is 2.16. The van der Waals surface area contributed by atoms with Gasteiger partial charge in [0, 0.05) is 19.6 Å². The second kappa shape index (κ2) is 5.55. The van der Waals surface area contributed by atoms with Crippen LogP contribution in [0.2, 0.25) is 0 Å². The van der Waals surface area contributed by atoms with Crippen LogP contribution in [0.25, 0.3) is 0 Å². The molecule has 0 bridgehead atoms. The molecule has 0 aromatic rings. The van der Waals surface area contributed by atoms with E-state index in [1.54, 1.807) is 0 Å². The van der Waals surface area contributed by atoms with Crippen LogP contribution in [0, 0.1) is 0 Å². The molecule has 1 fully saturated rings. The first-order valence-corrected chi connectivity index (χ1v) is 5.20. The molecule has 1 rings (SSSR count). The van der Waals surface area contributed by atoms with Gasteiger partial charge in [0.25, 0.3) is 0 Å². The Bertz CT molecular complexity index is 244. The summed E-state index contributed by atoms with van der Waals surface area (Å²) in [7, 11) is 0. The lowest BCUT2D eigenvalue weighted by Crippen LogP contribution is -2.54. The van der Waals surface area contributed by atoms with Gasteiger partial charge in [-0.05, 0) is 19.3 Å². The van der Waals surface area contributed by atoms with Gasteiger partial charge in [-0.15, -0.1) is 0 Å². The number of urea groups is 1. The molecule has 1 aliphatic rings. The van der Waals surface area contributed by atoms with E-state index >= 15 is 0 Å². The van der Waals surface area contributed by atoms with Crippen molar-refractivity contribution in [2.24, 2.45) is 11.5 Å². The summed E-state index contributed by atoms with van der Waals surface area (Å²) in [6.07, 6.45) is 2.51. The zero-order valence-corrected chi connectivity index (χ0v) is 8.74. The first kappa shape index (κ1) is 11.8. The normalized spacial score (nSPS) is 21.1. The number of hydrogen-bond donors (Lipinski definition) is 3. The molecule has 1 saturated heterocycles. The van der Waals surface area contributed by atoms with Gasteiger partial charge in [-0.1, -0.05) is 0 Å². The number of amides is 3. The Labute approximate surface area is 89.0 Å². The molecule has 0 radical (unpaired) electrons. The Kier molecular flexibility index (Phi) is 4.36. The van der Waals surface area contributed by atoms with Crippen LogP contribution in [-0.2, 0) is 4.79 Å². The minimum atomic E-state index is -0.462. The summed E-state index contributed by atoms with van der Waals surface area (Å²) >= 11 is 0. The summed E-state index contributed by atoms with van der Waals surface area (Å²) in [6.45, 7) is 1.39. The average Bonchev–Trinajstić information content (AvgIpc) is 2.25. The summed E-state index contributed by atoms with van der Waals surface area (Å²) in [5.74, 6) is -0.433. The van der Waals surface area contributed by atoms with Gasteiger partial charge in [0.15, 0.2) is 0 Å². The lowest BCUT2D eigenvalue weighted by Gasteiger charge is -2.33. The molecule has 15 heavy (non-hydrogen) atoms. The van der Waals surface area contributed by atoms with Crippen molar-refractivity contribution in [1.82, 2.24) is 10.2 Å². The smallest absolute Gasteiger partial charge is 0.318 e. The van der Waals surface area contributed by atoms with Crippen LogP contribution in [-0.4, -0.2) is 42.5 Å². The van der Waals surface area contributed by atoms with Gasteiger partial charge >= 0.3 is 6.03 Å². The van der Waals surface area contributed by atoms with Crippen LogP contribution in [0.1, 0.15) is 19.3 Å². The van der Waals surface area contributed by atoms with Gasteiger partial charge in [0.05, 0.1) is 0 Å². The van der Waals surface area contributed by atoms with Crippen molar-refractivity contribution in [3.05, 3.63) is 0 Å². The molecule has 86 valence electrons. The van der Waals surface area contributed by atoms with Crippen molar-refractivity contribution >= 4 is 11.9 Å². The number of carbonyl (C=O) groups excluding carboxylic acids is 2. The molecule has 0 saturated carbocycles. The highest BCUT2D eigenvalue weighted by atomic mass is 16.2. The van der Waals surface area contributed by atoms with E-state index in [-0.39, 0.29) is 6.03 Å². The largest absolute Gasteiger partial charge is 0.368 e. The molecule has 3 amide bonds. The number of likely N-dealkylation sites (tertiary alicyclic amines) is 1. The number of nitrogens with zero attached hydrogens (tertiary/aromatic N) is 1. The topological polar surface area (TPSA) is 101 Å². The van der Waals surface area contributed by atoms with E-state index in [4.69, 9.17) is 11.5 Å². The van der Waals surface area contributed by atoms with Crippen molar-refractivity contribution in [1.29, 1.82) is 0 Å². The molecule has 1 atom stereocenters. The molecular weight excluding hydrogens is 196 g/mol. The van der Waals surface area contributed by atoms with E-state index in [0.717, 1.165) is 12.8 Å². The fourth-order valence-corrected chi connectivity index (χ4v) is 1.75. The van der Waals surface area contributed by atoms with Crippen molar-refractivity contribution in [3.63, 3.8) is 0 Å². The van der Waals surface area contributed by atoms with Gasteiger partial charge in [-0.3, -0.25) is 4.79 Å². The second-order valence-electron chi connectivity index (χ2n) is 3.63. The molecule has 0 aromatic heterocycles. The maximum absolute atomic E-state index is 11.6. The highest BCUT2D eigenvalue weighted by Gasteiger charge is 2.30. The number of hydrogen-bond acceptors (Lipinski definition) is 3. The van der Waals surface area contributed by atoms with Gasteiger partial charge in [-0.25, -0.2) is 4.79 Å². The third-order valence-electron chi connectivity index (χ3n) is 2.51. The van der Waals surface area contributed by atoms with Crippen molar-refractivity contribution in [2.75, 3.05) is 19.6 Å². The number of primary amides is 1. The summed E-state index contributed by atoms with van der Waals surface area (Å²) in [5, 5.41) is 2.64. The van der Waals surface area contributed by atoms with E-state index in [9.17, 15) is 9.59 Å². The summed E-state index contributed by atoms with van der Waals surface area (Å²) in [5.41, 5.74) is 10.5. The van der Waals surface area contributed by atoms with Crippen LogP contribution in [0.3, 0.4) is 0 Å². The zero-order valence-electron chi connectivity index (χ0n) is 8.74. The summed E-state index contributed by atoms with van der Waals surface area (Å²) in [6, 6.07) is -0.708. The molecule has 0 spiro atoms. The molecule has 0 aromatic carbocycles. The van der Waals surface area contributed by atoms with Crippen LogP contribution < -0.4 is 16.8 Å². The quantitative estimate of drug-likeness (QED) is 0.561. The number of nitrogens with one attached hydrogen (secondary N) is 1. The monoisotopic (exact) mass is 214 g/mol. The van der Waals surface area contributed by atoms with Crippen molar-refractivity contribution in [3.8, 4) is 0 Å². The summed E-state index contributed by atoms with van der Waals surface area (Å²) < 4.78 is 0. The highest BCUT2D eigenvalue weighted by molar-refractivity contribution is 5.86. The predicted molar refractivity (Wildman–Crippen MR) is 56.0 cm³/mol. The molecular formula is C9H18N4O2. The first-order chi connectivity index (χ1) is 7.16. The maximum Gasteiger partial charge on any atom is 0.318 e. The second-order valence-corrected chi connectivity index (χ2v) is 3.63. The Balaban J connectivity index is 2.55. The SMILES string of the molecule is NCCNC(=O)N1CCCCC1C(N)=O. The minimum Gasteiger partial charge on any atom is -0.368 e. The van der Waals surface area contributed by atoms with Crippen molar-refractivity contribution in [2.45, 2.75) is 25.3 Å². The minimum absolute atomic E-state index is 0.246. The molecule has 1 aliphatic heterocycles. The molecule has 1 heterocycles. The Morgan fingerprint density at radius 3 is 2.73 bits per heavy atom. The third kappa shape index (κ3) is 3.09. The van der Waals surface area contributed by atoms with Gasteiger partial charge in [-0.2, -0.15) is 0 Å². The van der Waals surface area contributed by atoms with Crippen LogP contribution in [0.15, 0.2) is 0 Å². The summed E-state index contributed by atoms with van der Waals surface area (Å²) in [4.78, 5) is 24.2. The zero-order chi connectivity index (χ0) is 11.3. The van der Waals surface area contributed by atoms with E-state index in [1.165, 1.54) is 4.90 Å². The van der Waals surface area contributed by atoms with E-state index in [1.807, 2.05) is 0 Å². The van der Waals surface area contributed by atoms with Gasteiger partial charge in [0.1, 0.15) is 6.04 Å². The van der Waals surface area contributed by atoms with Gasteiger partial charge in [0.2, 0.25) is 5.91 Å². The van der Waals surface area contributed by atoms with Crippen LogP contribution in [0.5, 0.6) is 0 Å². The Hall–Kier alpha value is -1.30. The average molecular weight is 214 g/mol. The van der Waals surface area contributed by atoms with Crippen LogP contribution in [0.4, 0.5) is 4.79 Å². The molecule has 1 unspecified atom stereocenters. The lowest BCUT2D eigenvalue weighted by atomic mass is 10.0. The molecule has 0 aliphatic carbocycles. The fourth-order valence-electron chi connectivity index (χ4n) is 1.75. The molecule has 6 heteroatoms. The van der Waals surface area contributed by atoms with Crippen molar-refractivity contribution < 1.29 is 9.59 Å². The number of nitrogens with two attached hydrogens (primary N) is 2. The number of rotatable bonds is 3. The Morgan fingerprint density at radius 1 is 1.40 bits per heavy atom. The maximum atomic E-state index is 11.6. The number of piperidine rings is 1. The van der Waals surface area contributed by atoms with Gasteiger partial charge < -0.3 is 21.7 Å². The fraction of sp³-hybridized carbons (Fsp3) is 0.778. The first-order valence-electron chi connectivity index (χ1n) is 5.20. The standard InChI is InChI=1S/C9H18N4O2/c10-4-5-12-9(15)13-6-2-1-3-7(13)8(11)14/h7H,1-6,10H2,(H2,11,14)(H,12,15). The molecule has 6 nitrogen and oxygen atoms in total. The lowest BCUT2D eigenvalue weighted by molar-refractivity contribution is -0.123.